The van der Waals surface area contributed by atoms with E-state index in [-0.39, 0.29) is 23.7 Å². The number of nitrogens with zero attached hydrogens (tertiary/aromatic N) is 1. The van der Waals surface area contributed by atoms with Crippen LogP contribution in [0, 0.1) is 11.8 Å². The van der Waals surface area contributed by atoms with Crippen LogP contribution in [0.5, 0.6) is 0 Å². The van der Waals surface area contributed by atoms with Crippen molar-refractivity contribution in [2.24, 2.45) is 11.8 Å². The maximum atomic E-state index is 13.3. The van der Waals surface area contributed by atoms with Crippen LogP contribution in [0.25, 0.3) is 0 Å². The van der Waals surface area contributed by atoms with E-state index in [4.69, 9.17) is 4.42 Å². The summed E-state index contributed by atoms with van der Waals surface area (Å²) in [6.07, 6.45) is 4.18. The van der Waals surface area contributed by atoms with Crippen LogP contribution in [-0.2, 0) is 37.2 Å². The molecule has 2 unspecified atom stereocenters. The second kappa shape index (κ2) is 11.5. The SMILES string of the molecule is CC(C)C(NS(=O)(=O)c1ccccc1)C(=O)CC1Cc2ncoc2CCCCCNC(=O)C1=O. The number of hydrogen-bond acceptors (Lipinski definition) is 7. The Bertz CT molecular complexity index is 1110. The van der Waals surface area contributed by atoms with E-state index in [1.54, 1.807) is 32.0 Å². The highest BCUT2D eigenvalue weighted by molar-refractivity contribution is 7.89. The van der Waals surface area contributed by atoms with Crippen molar-refractivity contribution in [2.45, 2.75) is 63.3 Å². The van der Waals surface area contributed by atoms with Crippen LogP contribution in [-0.4, -0.2) is 43.5 Å². The summed E-state index contributed by atoms with van der Waals surface area (Å²) in [5.41, 5.74) is 0.547. The number of amides is 1. The van der Waals surface area contributed by atoms with Gasteiger partial charge in [0.15, 0.2) is 12.2 Å². The highest BCUT2D eigenvalue weighted by Gasteiger charge is 2.34. The zero-order valence-corrected chi connectivity index (χ0v) is 20.3. The Hall–Kier alpha value is -2.85. The van der Waals surface area contributed by atoms with Crippen molar-refractivity contribution in [1.29, 1.82) is 0 Å². The molecule has 34 heavy (non-hydrogen) atoms. The predicted molar refractivity (Wildman–Crippen MR) is 124 cm³/mol. The number of nitrogens with one attached hydrogen (secondary N) is 2. The lowest BCUT2D eigenvalue weighted by Gasteiger charge is -2.23. The van der Waals surface area contributed by atoms with Crippen molar-refractivity contribution in [2.75, 3.05) is 6.54 Å². The van der Waals surface area contributed by atoms with Gasteiger partial charge in [-0.1, -0.05) is 38.5 Å². The Kier molecular flexibility index (Phi) is 8.73. The maximum absolute atomic E-state index is 13.3. The Morgan fingerprint density at radius 2 is 1.91 bits per heavy atom. The molecule has 1 aromatic heterocycles. The third-order valence-electron chi connectivity index (χ3n) is 5.92. The normalized spacial score (nSPS) is 19.0. The van der Waals surface area contributed by atoms with E-state index in [1.807, 2.05) is 0 Å². The van der Waals surface area contributed by atoms with E-state index in [9.17, 15) is 22.8 Å². The monoisotopic (exact) mass is 489 g/mol. The topological polar surface area (TPSA) is 135 Å². The molecule has 2 atom stereocenters. The summed E-state index contributed by atoms with van der Waals surface area (Å²) < 4.78 is 33.6. The Labute approximate surface area is 199 Å². The first-order chi connectivity index (χ1) is 16.2. The van der Waals surface area contributed by atoms with Crippen molar-refractivity contribution in [3.8, 4) is 0 Å². The van der Waals surface area contributed by atoms with Crippen molar-refractivity contribution in [3.05, 3.63) is 48.2 Å². The zero-order valence-electron chi connectivity index (χ0n) is 19.5. The minimum absolute atomic E-state index is 0.0437. The summed E-state index contributed by atoms with van der Waals surface area (Å²) >= 11 is 0. The molecule has 2 heterocycles. The molecule has 0 spiro atoms. The second-order valence-electron chi connectivity index (χ2n) is 8.88. The van der Waals surface area contributed by atoms with Crippen LogP contribution in [0.3, 0.4) is 0 Å². The summed E-state index contributed by atoms with van der Waals surface area (Å²) in [4.78, 5) is 43.0. The van der Waals surface area contributed by atoms with E-state index < -0.39 is 39.5 Å². The second-order valence-corrected chi connectivity index (χ2v) is 10.6. The van der Waals surface area contributed by atoms with Gasteiger partial charge in [0, 0.05) is 31.7 Å². The molecule has 0 fully saturated rings. The van der Waals surface area contributed by atoms with E-state index in [0.29, 0.717) is 24.4 Å². The average molecular weight is 490 g/mol. The molecule has 1 aliphatic rings. The highest BCUT2D eigenvalue weighted by atomic mass is 32.2. The molecule has 2 N–H and O–H groups in total. The van der Waals surface area contributed by atoms with Gasteiger partial charge in [-0.05, 0) is 30.9 Å². The third kappa shape index (κ3) is 6.60. The molecule has 0 saturated carbocycles. The lowest BCUT2D eigenvalue weighted by Crippen LogP contribution is -2.46. The minimum atomic E-state index is -3.95. The van der Waals surface area contributed by atoms with Crippen LogP contribution in [0.15, 0.2) is 46.0 Å². The summed E-state index contributed by atoms with van der Waals surface area (Å²) in [5, 5.41) is 2.63. The maximum Gasteiger partial charge on any atom is 0.287 e. The average Bonchev–Trinajstić information content (AvgIpc) is 3.25. The van der Waals surface area contributed by atoms with Crippen molar-refractivity contribution in [1.82, 2.24) is 15.0 Å². The van der Waals surface area contributed by atoms with Crippen LogP contribution < -0.4 is 10.0 Å². The molecule has 9 nitrogen and oxygen atoms in total. The molecule has 10 heteroatoms. The summed E-state index contributed by atoms with van der Waals surface area (Å²) in [6.45, 7) is 3.82. The van der Waals surface area contributed by atoms with Gasteiger partial charge >= 0.3 is 0 Å². The Morgan fingerprint density at radius 3 is 2.62 bits per heavy atom. The molecule has 3 rings (SSSR count). The first-order valence-electron chi connectivity index (χ1n) is 11.5. The van der Waals surface area contributed by atoms with E-state index >= 15 is 0 Å². The fraction of sp³-hybridized carbons (Fsp3) is 0.500. The van der Waals surface area contributed by atoms with Gasteiger partial charge in [0.1, 0.15) is 5.76 Å². The van der Waals surface area contributed by atoms with Crippen molar-refractivity contribution >= 4 is 27.5 Å². The van der Waals surface area contributed by atoms with Gasteiger partial charge in [-0.2, -0.15) is 0 Å². The molecule has 0 bridgehead atoms. The first-order valence-corrected chi connectivity index (χ1v) is 13.0. The van der Waals surface area contributed by atoms with Crippen LogP contribution in [0.4, 0.5) is 0 Å². The summed E-state index contributed by atoms with van der Waals surface area (Å²) in [6, 6.07) is 6.71. The number of aryl methyl sites for hydroxylation is 1. The highest BCUT2D eigenvalue weighted by Crippen LogP contribution is 2.22. The molecule has 1 aliphatic heterocycles. The predicted octanol–water partition coefficient (Wildman–Crippen LogP) is 2.21. The first kappa shape index (κ1) is 25.8. The van der Waals surface area contributed by atoms with Gasteiger partial charge in [-0.15, -0.1) is 0 Å². The van der Waals surface area contributed by atoms with Crippen LogP contribution in [0.2, 0.25) is 0 Å². The Morgan fingerprint density at radius 1 is 1.18 bits per heavy atom. The van der Waals surface area contributed by atoms with Gasteiger partial charge in [-0.25, -0.2) is 18.1 Å². The number of carbonyl (C=O) groups is 3. The molecule has 1 aromatic carbocycles. The number of ketones is 2. The number of rotatable bonds is 7. The van der Waals surface area contributed by atoms with E-state index in [1.165, 1.54) is 18.5 Å². The quantitative estimate of drug-likeness (QED) is 0.569. The number of carbonyl (C=O) groups excluding carboxylic acids is 3. The molecular formula is C24H31N3O6S. The standard InChI is InChI=1S/C24H31N3O6S/c1-16(2)22(27-34(31,32)18-9-5-3-6-10-18)20(28)14-17-13-19-21(33-15-26-19)11-7-4-8-12-25-24(30)23(17)29/h3,5-6,9-10,15-17,22,27H,4,7-8,11-14H2,1-2H3,(H,25,30). The van der Waals surface area contributed by atoms with Gasteiger partial charge in [0.25, 0.3) is 5.91 Å². The summed E-state index contributed by atoms with van der Waals surface area (Å²) in [7, 11) is -3.95. The zero-order chi connectivity index (χ0) is 24.7. The Balaban J connectivity index is 1.83. The molecule has 0 radical (unpaired) electrons. The fourth-order valence-electron chi connectivity index (χ4n) is 3.99. The van der Waals surface area contributed by atoms with E-state index in [2.05, 4.69) is 15.0 Å². The number of hydrogen-bond donors (Lipinski definition) is 2. The molecular weight excluding hydrogens is 458 g/mol. The number of Topliss-reactive ketones (excluding diaryl/α,β-unsaturated/α-hetero) is 2. The minimum Gasteiger partial charge on any atom is -0.448 e. The lowest BCUT2D eigenvalue weighted by atomic mass is 9.87. The summed E-state index contributed by atoms with van der Waals surface area (Å²) in [5.74, 6) is -2.61. The van der Waals surface area contributed by atoms with Crippen molar-refractivity contribution < 1.29 is 27.2 Å². The fourth-order valence-corrected chi connectivity index (χ4v) is 5.38. The van der Waals surface area contributed by atoms with E-state index in [0.717, 1.165) is 19.3 Å². The molecule has 1 amide bonds. The lowest BCUT2D eigenvalue weighted by molar-refractivity contribution is -0.141. The van der Waals surface area contributed by atoms with Crippen molar-refractivity contribution in [3.63, 3.8) is 0 Å². The molecule has 0 aliphatic carbocycles. The number of aromatic nitrogens is 1. The van der Waals surface area contributed by atoms with Gasteiger partial charge in [0.05, 0.1) is 16.6 Å². The number of fused-ring (bicyclic) bond motifs is 1. The van der Waals surface area contributed by atoms with Crippen LogP contribution >= 0.6 is 0 Å². The smallest absolute Gasteiger partial charge is 0.287 e. The largest absolute Gasteiger partial charge is 0.448 e. The van der Waals surface area contributed by atoms with Gasteiger partial charge in [-0.3, -0.25) is 14.4 Å². The van der Waals surface area contributed by atoms with Gasteiger partial charge in [0.2, 0.25) is 15.8 Å². The number of benzene rings is 1. The molecule has 2 aromatic rings. The third-order valence-corrected chi connectivity index (χ3v) is 7.38. The van der Waals surface area contributed by atoms with Crippen LogP contribution in [0.1, 0.15) is 51.0 Å². The molecule has 0 saturated heterocycles. The number of sulfonamides is 1. The molecule has 184 valence electrons. The number of oxazole rings is 1. The van der Waals surface area contributed by atoms with Gasteiger partial charge < -0.3 is 9.73 Å².